The monoisotopic (exact) mass is 971 g/mol. The first-order chi connectivity index (χ1) is 35.0. The van der Waals surface area contributed by atoms with Gasteiger partial charge < -0.3 is 14.2 Å². The Morgan fingerprint density at radius 2 is 0.507 bits per heavy atom. The molecule has 0 amide bonds. The molecule has 0 fully saturated rings. The summed E-state index contributed by atoms with van der Waals surface area (Å²) in [6.45, 7) is 6.10. The third-order valence-corrected chi connectivity index (χ3v) is 10.1. The van der Waals surface area contributed by atoms with Gasteiger partial charge in [-0.2, -0.15) is 0 Å². The van der Waals surface area contributed by atoms with Crippen molar-refractivity contribution < 1.29 is 28.6 Å². The number of carbonyl (C=O) groups excluding carboxylic acids is 3. The maximum atomic E-state index is 12.8. The minimum absolute atomic E-state index is 0.167. The fraction of sp³-hybridized carbons (Fsp3) is 0.462. The van der Waals surface area contributed by atoms with Crippen molar-refractivity contribution in [2.24, 2.45) is 0 Å². The average molecular weight is 971 g/mol. The molecule has 0 unspecified atom stereocenters. The SMILES string of the molecule is CC/C=C\C/C=C\C/C=C\C/C=C\C/C=C\C/C=C\CCC(=O)OC(COC(=O)CCC/C=C\C/C=C\C/C=C\C/C=C\C/C=C\CC)COC(=O)CCC/C=C\C/C=C\C/C=C\C/C=C\C/C=C\CC. The van der Waals surface area contributed by atoms with Gasteiger partial charge in [0.05, 0.1) is 0 Å². The van der Waals surface area contributed by atoms with Crippen molar-refractivity contribution in [1.82, 2.24) is 0 Å². The van der Waals surface area contributed by atoms with Crippen LogP contribution in [0, 0.1) is 0 Å². The highest BCUT2D eigenvalue weighted by molar-refractivity contribution is 5.71. The van der Waals surface area contributed by atoms with Crippen LogP contribution in [0.3, 0.4) is 0 Å². The zero-order valence-corrected chi connectivity index (χ0v) is 44.4. The molecule has 0 aliphatic rings. The van der Waals surface area contributed by atoms with Crippen molar-refractivity contribution in [1.29, 1.82) is 0 Å². The molecular weight excluding hydrogens is 877 g/mol. The third kappa shape index (κ3) is 55.1. The molecule has 0 atom stereocenters. The Labute approximate surface area is 433 Å². The van der Waals surface area contributed by atoms with Gasteiger partial charge in [0.1, 0.15) is 13.2 Å². The van der Waals surface area contributed by atoms with Gasteiger partial charge in [-0.3, -0.25) is 14.4 Å². The molecule has 0 N–H and O–H groups in total. The molecule has 0 aliphatic carbocycles. The molecule has 6 heteroatoms. The highest BCUT2D eigenvalue weighted by atomic mass is 16.6. The second kappa shape index (κ2) is 56.8. The number of hydrogen-bond acceptors (Lipinski definition) is 6. The van der Waals surface area contributed by atoms with Crippen LogP contribution >= 0.6 is 0 Å². The number of unbranched alkanes of at least 4 members (excludes halogenated alkanes) is 2. The molecule has 0 rings (SSSR count). The number of rotatable bonds is 45. The van der Waals surface area contributed by atoms with Crippen LogP contribution in [0.4, 0.5) is 0 Å². The smallest absolute Gasteiger partial charge is 0.306 e. The first kappa shape index (κ1) is 65.2. The number of esters is 3. The second-order valence-corrected chi connectivity index (χ2v) is 16.6. The maximum Gasteiger partial charge on any atom is 0.306 e. The molecule has 71 heavy (non-hydrogen) atoms. The van der Waals surface area contributed by atoms with Crippen LogP contribution in [0.2, 0.25) is 0 Å². The first-order valence-electron chi connectivity index (χ1n) is 26.9. The number of carbonyl (C=O) groups is 3. The molecule has 0 saturated heterocycles. The lowest BCUT2D eigenvalue weighted by atomic mass is 10.2. The zero-order valence-electron chi connectivity index (χ0n) is 44.4. The number of allylic oxidation sites excluding steroid dienone is 32. The van der Waals surface area contributed by atoms with E-state index in [4.69, 9.17) is 14.2 Å². The number of hydrogen-bond donors (Lipinski definition) is 0. The van der Waals surface area contributed by atoms with E-state index in [0.717, 1.165) is 116 Å². The molecule has 0 spiro atoms. The lowest BCUT2D eigenvalue weighted by Crippen LogP contribution is -2.30. The third-order valence-electron chi connectivity index (χ3n) is 10.1. The topological polar surface area (TPSA) is 78.9 Å². The average Bonchev–Trinajstić information content (AvgIpc) is 3.37. The minimum atomic E-state index is -0.877. The summed E-state index contributed by atoms with van der Waals surface area (Å²) in [6.07, 6.45) is 87.2. The molecule has 0 aromatic heterocycles. The van der Waals surface area contributed by atoms with E-state index in [0.29, 0.717) is 19.3 Å². The molecule has 0 aromatic carbocycles. The Kier molecular flexibility index (Phi) is 52.2. The molecule has 0 heterocycles. The fourth-order valence-electron chi connectivity index (χ4n) is 6.18. The maximum absolute atomic E-state index is 12.8. The summed E-state index contributed by atoms with van der Waals surface area (Å²) in [5, 5.41) is 0. The highest BCUT2D eigenvalue weighted by Crippen LogP contribution is 2.08. The molecule has 0 bridgehead atoms. The van der Waals surface area contributed by atoms with E-state index in [1.807, 2.05) is 12.2 Å². The van der Waals surface area contributed by atoms with Crippen LogP contribution in [0.5, 0.6) is 0 Å². The van der Waals surface area contributed by atoms with Gasteiger partial charge >= 0.3 is 17.9 Å². The standard InChI is InChI=1S/C65H94O6/c1-4-7-10-13-16-19-22-25-28-31-32-35-38-41-44-47-50-53-56-59-65(68)71-62(60-69-63(66)57-54-51-48-45-42-39-36-33-29-26-23-20-17-14-11-8-5-2)61-70-64(67)58-55-52-49-46-43-40-37-34-30-27-24-21-18-15-12-9-6-3/h7-12,16-21,25-30,32,35-37,39-41,44-46,48-50,53,62H,4-6,13-15,22-24,31,33-34,38,42-43,47,51-52,54-61H2,1-3H3/b10-7-,11-8-,12-9-,19-16-,20-17-,21-18-,28-25-,29-26-,30-27-,35-32-,39-36-,40-37-,44-41-,48-45-,49-46-,53-50-. The lowest BCUT2D eigenvalue weighted by molar-refractivity contribution is -0.166. The Bertz CT molecular complexity index is 1700. The fourth-order valence-corrected chi connectivity index (χ4v) is 6.18. The van der Waals surface area contributed by atoms with Crippen LogP contribution in [-0.4, -0.2) is 37.2 Å². The summed E-state index contributed by atoms with van der Waals surface area (Å²) in [5.74, 6) is -1.18. The highest BCUT2D eigenvalue weighted by Gasteiger charge is 2.19. The van der Waals surface area contributed by atoms with Gasteiger partial charge in [-0.15, -0.1) is 0 Å². The van der Waals surface area contributed by atoms with Gasteiger partial charge in [0.25, 0.3) is 0 Å². The van der Waals surface area contributed by atoms with Crippen LogP contribution in [0.1, 0.15) is 175 Å². The van der Waals surface area contributed by atoms with Crippen LogP contribution < -0.4 is 0 Å². The van der Waals surface area contributed by atoms with Crippen molar-refractivity contribution >= 4 is 17.9 Å². The summed E-state index contributed by atoms with van der Waals surface area (Å²) in [6, 6.07) is 0. The van der Waals surface area contributed by atoms with Crippen molar-refractivity contribution in [3.05, 3.63) is 194 Å². The van der Waals surface area contributed by atoms with E-state index >= 15 is 0 Å². The van der Waals surface area contributed by atoms with Crippen LogP contribution in [-0.2, 0) is 28.6 Å². The molecule has 390 valence electrons. The quantitative estimate of drug-likeness (QED) is 0.0262. The molecule has 0 aromatic rings. The van der Waals surface area contributed by atoms with E-state index in [-0.39, 0.29) is 44.4 Å². The number of ether oxygens (including phenoxy) is 3. The van der Waals surface area contributed by atoms with Gasteiger partial charge in [-0.25, -0.2) is 0 Å². The second-order valence-electron chi connectivity index (χ2n) is 16.6. The Balaban J connectivity index is 4.74. The van der Waals surface area contributed by atoms with Crippen molar-refractivity contribution in [2.75, 3.05) is 13.2 Å². The summed E-state index contributed by atoms with van der Waals surface area (Å²) < 4.78 is 16.6. The lowest BCUT2D eigenvalue weighted by Gasteiger charge is -2.18. The van der Waals surface area contributed by atoms with E-state index in [9.17, 15) is 14.4 Å². The first-order valence-corrected chi connectivity index (χ1v) is 26.9. The summed E-state index contributed by atoms with van der Waals surface area (Å²) in [7, 11) is 0. The minimum Gasteiger partial charge on any atom is -0.462 e. The van der Waals surface area contributed by atoms with E-state index in [2.05, 4.69) is 203 Å². The van der Waals surface area contributed by atoms with Crippen molar-refractivity contribution in [3.8, 4) is 0 Å². The van der Waals surface area contributed by atoms with Crippen molar-refractivity contribution in [2.45, 2.75) is 181 Å². The van der Waals surface area contributed by atoms with Gasteiger partial charge in [0.2, 0.25) is 0 Å². The Morgan fingerprint density at radius 1 is 0.282 bits per heavy atom. The van der Waals surface area contributed by atoms with Gasteiger partial charge in [0.15, 0.2) is 6.10 Å². The van der Waals surface area contributed by atoms with Crippen LogP contribution in [0.25, 0.3) is 0 Å². The van der Waals surface area contributed by atoms with Gasteiger partial charge in [-0.1, -0.05) is 215 Å². The van der Waals surface area contributed by atoms with Gasteiger partial charge in [-0.05, 0) is 135 Å². The largest absolute Gasteiger partial charge is 0.462 e. The molecular formula is C65H94O6. The van der Waals surface area contributed by atoms with Crippen LogP contribution in [0.15, 0.2) is 194 Å². The van der Waals surface area contributed by atoms with Gasteiger partial charge in [0, 0.05) is 19.3 Å². The molecule has 0 radical (unpaired) electrons. The summed E-state index contributed by atoms with van der Waals surface area (Å²) in [4.78, 5) is 38.0. The molecule has 6 nitrogen and oxygen atoms in total. The summed E-state index contributed by atoms with van der Waals surface area (Å²) in [5.41, 5.74) is 0. The Morgan fingerprint density at radius 3 is 0.761 bits per heavy atom. The molecule has 0 saturated carbocycles. The zero-order chi connectivity index (χ0) is 51.4. The summed E-state index contributed by atoms with van der Waals surface area (Å²) >= 11 is 0. The predicted molar refractivity (Wildman–Crippen MR) is 306 cm³/mol. The van der Waals surface area contributed by atoms with Crippen molar-refractivity contribution in [3.63, 3.8) is 0 Å². The Hall–Kier alpha value is -5.75. The van der Waals surface area contributed by atoms with E-state index in [1.54, 1.807) is 0 Å². The molecule has 0 aliphatic heterocycles. The predicted octanol–water partition coefficient (Wildman–Crippen LogP) is 18.3. The van der Waals surface area contributed by atoms with E-state index in [1.165, 1.54) is 0 Å². The normalized spacial score (nSPS) is 13.3. The van der Waals surface area contributed by atoms with E-state index < -0.39 is 12.1 Å².